The highest BCUT2D eigenvalue weighted by Crippen LogP contribution is 2.28. The fraction of sp³-hybridized carbons (Fsp3) is 0.444. The minimum Gasteiger partial charge on any atom is -0.303 e. The van der Waals surface area contributed by atoms with Gasteiger partial charge in [0, 0.05) is 6.42 Å². The standard InChI is InChI=1S/C27H30Cl2FNO/c28-25-9-4-20(16-26(25)29)15-19-10-13-31(14-11-19)12-2-1-3-27(32)22-6-5-21-7-8-24(30)18-23(21)17-22/h4,7-9,16-19H,1-3,5-6,10-15H2. The number of hydrogen-bond acceptors (Lipinski definition) is 2. The Kier molecular flexibility index (Phi) is 8.04. The van der Waals surface area contributed by atoms with E-state index in [4.69, 9.17) is 23.2 Å². The van der Waals surface area contributed by atoms with E-state index in [0.29, 0.717) is 22.4 Å². The highest BCUT2D eigenvalue weighted by molar-refractivity contribution is 6.42. The molecular formula is C27H30Cl2FNO. The minimum atomic E-state index is -0.241. The van der Waals surface area contributed by atoms with E-state index in [9.17, 15) is 9.18 Å². The number of ketones is 1. The normalized spacial score (nSPS) is 17.2. The summed E-state index contributed by atoms with van der Waals surface area (Å²) in [5.41, 5.74) is 4.11. The average molecular weight is 474 g/mol. The number of likely N-dealkylation sites (tertiary alicyclic amines) is 1. The number of halogens is 3. The number of benzene rings is 2. The average Bonchev–Trinajstić information content (AvgIpc) is 2.79. The van der Waals surface area contributed by atoms with Gasteiger partial charge in [-0.3, -0.25) is 4.79 Å². The van der Waals surface area contributed by atoms with Gasteiger partial charge in [-0.15, -0.1) is 0 Å². The topological polar surface area (TPSA) is 20.3 Å². The fourth-order valence-electron chi connectivity index (χ4n) is 4.87. The number of carbonyl (C=O) groups is 1. The van der Waals surface area contributed by atoms with Crippen molar-refractivity contribution < 1.29 is 9.18 Å². The first-order valence-corrected chi connectivity index (χ1v) is 12.4. The van der Waals surface area contributed by atoms with Crippen LogP contribution in [0.25, 0.3) is 6.08 Å². The number of aryl methyl sites for hydroxylation is 1. The van der Waals surface area contributed by atoms with Crippen molar-refractivity contribution in [1.29, 1.82) is 0 Å². The zero-order valence-corrected chi connectivity index (χ0v) is 19.9. The Morgan fingerprint density at radius 2 is 1.81 bits per heavy atom. The number of Topliss-reactive ketones (excluding diaryl/α,β-unsaturated/α-hetero) is 1. The molecule has 0 aromatic heterocycles. The molecule has 0 bridgehead atoms. The lowest BCUT2D eigenvalue weighted by atomic mass is 9.89. The molecule has 1 aliphatic carbocycles. The summed E-state index contributed by atoms with van der Waals surface area (Å²) in [6.07, 6.45) is 9.48. The van der Waals surface area contributed by atoms with Crippen molar-refractivity contribution in [2.45, 2.75) is 51.4 Å². The van der Waals surface area contributed by atoms with Gasteiger partial charge in [0.25, 0.3) is 0 Å². The third-order valence-electron chi connectivity index (χ3n) is 6.80. The van der Waals surface area contributed by atoms with Gasteiger partial charge >= 0.3 is 0 Å². The molecule has 0 N–H and O–H groups in total. The maximum Gasteiger partial charge on any atom is 0.158 e. The lowest BCUT2D eigenvalue weighted by Gasteiger charge is -2.32. The molecule has 0 radical (unpaired) electrons. The first kappa shape index (κ1) is 23.5. The number of nitrogens with zero attached hydrogens (tertiary/aromatic N) is 1. The van der Waals surface area contributed by atoms with Crippen LogP contribution < -0.4 is 0 Å². The molecule has 1 fully saturated rings. The van der Waals surface area contributed by atoms with Crippen molar-refractivity contribution in [2.24, 2.45) is 5.92 Å². The Morgan fingerprint density at radius 1 is 1.00 bits per heavy atom. The monoisotopic (exact) mass is 473 g/mol. The highest BCUT2D eigenvalue weighted by Gasteiger charge is 2.20. The van der Waals surface area contributed by atoms with Crippen molar-refractivity contribution in [3.8, 4) is 0 Å². The van der Waals surface area contributed by atoms with Crippen LogP contribution in [0.3, 0.4) is 0 Å². The summed E-state index contributed by atoms with van der Waals surface area (Å²) < 4.78 is 13.5. The SMILES string of the molecule is O=C(CCCCN1CCC(Cc2ccc(Cl)c(Cl)c2)CC1)C1=Cc2cc(F)ccc2CC1. The van der Waals surface area contributed by atoms with Crippen LogP contribution in [0.15, 0.2) is 42.0 Å². The summed E-state index contributed by atoms with van der Waals surface area (Å²) in [4.78, 5) is 15.1. The summed E-state index contributed by atoms with van der Waals surface area (Å²) in [6, 6.07) is 10.8. The largest absolute Gasteiger partial charge is 0.303 e. The number of piperidine rings is 1. The van der Waals surface area contributed by atoms with Crippen LogP contribution in [0.1, 0.15) is 55.2 Å². The maximum atomic E-state index is 13.5. The van der Waals surface area contributed by atoms with Crippen molar-refractivity contribution in [2.75, 3.05) is 19.6 Å². The van der Waals surface area contributed by atoms with E-state index < -0.39 is 0 Å². The summed E-state index contributed by atoms with van der Waals surface area (Å²) in [5, 5.41) is 1.25. The van der Waals surface area contributed by atoms with E-state index in [1.165, 1.54) is 30.5 Å². The van der Waals surface area contributed by atoms with Gasteiger partial charge < -0.3 is 4.90 Å². The fourth-order valence-corrected chi connectivity index (χ4v) is 5.19. The lowest BCUT2D eigenvalue weighted by Crippen LogP contribution is -2.35. The van der Waals surface area contributed by atoms with Crippen LogP contribution in [0.2, 0.25) is 10.0 Å². The Balaban J connectivity index is 1.15. The zero-order chi connectivity index (χ0) is 22.5. The smallest absolute Gasteiger partial charge is 0.158 e. The van der Waals surface area contributed by atoms with Crippen molar-refractivity contribution in [3.63, 3.8) is 0 Å². The van der Waals surface area contributed by atoms with Gasteiger partial charge in [0.05, 0.1) is 10.0 Å². The maximum absolute atomic E-state index is 13.5. The van der Waals surface area contributed by atoms with Crippen LogP contribution in [0.4, 0.5) is 4.39 Å². The molecule has 170 valence electrons. The van der Waals surface area contributed by atoms with Crippen molar-refractivity contribution in [1.82, 2.24) is 4.90 Å². The molecule has 0 unspecified atom stereocenters. The molecule has 1 saturated heterocycles. The van der Waals surface area contributed by atoms with Gasteiger partial charge in [-0.1, -0.05) is 35.3 Å². The molecule has 4 rings (SSSR count). The molecule has 0 saturated carbocycles. The van der Waals surface area contributed by atoms with Crippen LogP contribution in [-0.4, -0.2) is 30.3 Å². The summed E-state index contributed by atoms with van der Waals surface area (Å²) >= 11 is 12.2. The molecule has 2 nitrogen and oxygen atoms in total. The Labute approximate surface area is 200 Å². The van der Waals surface area contributed by atoms with E-state index in [-0.39, 0.29) is 11.6 Å². The Morgan fingerprint density at radius 3 is 2.59 bits per heavy atom. The summed E-state index contributed by atoms with van der Waals surface area (Å²) in [5.74, 6) is 0.672. The van der Waals surface area contributed by atoms with Crippen LogP contribution in [0, 0.1) is 11.7 Å². The second-order valence-electron chi connectivity index (χ2n) is 9.13. The van der Waals surface area contributed by atoms with Gasteiger partial charge in [-0.25, -0.2) is 4.39 Å². The van der Waals surface area contributed by atoms with E-state index in [0.717, 1.165) is 68.4 Å². The number of hydrogen-bond donors (Lipinski definition) is 0. The summed E-state index contributed by atoms with van der Waals surface area (Å²) in [6.45, 7) is 3.29. The van der Waals surface area contributed by atoms with Crippen molar-refractivity contribution >= 4 is 35.1 Å². The molecule has 0 amide bonds. The Hall–Kier alpha value is -1.68. The highest BCUT2D eigenvalue weighted by atomic mass is 35.5. The molecule has 1 heterocycles. The van der Waals surface area contributed by atoms with Gasteiger partial charge in [-0.05, 0) is 123 Å². The van der Waals surface area contributed by atoms with Gasteiger partial charge in [0.2, 0.25) is 0 Å². The van der Waals surface area contributed by atoms with Crippen molar-refractivity contribution in [3.05, 3.63) is 74.5 Å². The first-order chi connectivity index (χ1) is 15.5. The van der Waals surface area contributed by atoms with E-state index in [2.05, 4.69) is 11.0 Å². The predicted octanol–water partition coefficient (Wildman–Crippen LogP) is 7.16. The molecule has 0 atom stereocenters. The van der Waals surface area contributed by atoms with Gasteiger partial charge in [-0.2, -0.15) is 0 Å². The van der Waals surface area contributed by atoms with E-state index in [1.54, 1.807) is 0 Å². The molecule has 2 aliphatic rings. The first-order valence-electron chi connectivity index (χ1n) is 11.7. The van der Waals surface area contributed by atoms with Crippen LogP contribution in [0.5, 0.6) is 0 Å². The number of allylic oxidation sites excluding steroid dienone is 1. The molecule has 2 aromatic carbocycles. The summed E-state index contributed by atoms with van der Waals surface area (Å²) in [7, 11) is 0. The van der Waals surface area contributed by atoms with Crippen LogP contribution >= 0.6 is 23.2 Å². The molecule has 1 aliphatic heterocycles. The van der Waals surface area contributed by atoms with Crippen LogP contribution in [-0.2, 0) is 17.6 Å². The lowest BCUT2D eigenvalue weighted by molar-refractivity contribution is -0.115. The quantitative estimate of drug-likeness (QED) is 0.379. The third kappa shape index (κ3) is 6.21. The number of carbonyl (C=O) groups excluding carboxylic acids is 1. The predicted molar refractivity (Wildman–Crippen MR) is 131 cm³/mol. The van der Waals surface area contributed by atoms with E-state index >= 15 is 0 Å². The molecular weight excluding hydrogens is 444 g/mol. The molecule has 2 aromatic rings. The number of fused-ring (bicyclic) bond motifs is 1. The van der Waals surface area contributed by atoms with Gasteiger partial charge in [0.1, 0.15) is 5.82 Å². The second-order valence-corrected chi connectivity index (χ2v) is 9.94. The Bertz CT molecular complexity index is 995. The number of unbranched alkanes of at least 4 members (excludes halogenated alkanes) is 1. The van der Waals surface area contributed by atoms with E-state index in [1.807, 2.05) is 24.3 Å². The second kappa shape index (κ2) is 11.0. The molecule has 32 heavy (non-hydrogen) atoms. The molecule has 5 heteroatoms. The zero-order valence-electron chi connectivity index (χ0n) is 18.4. The number of rotatable bonds is 8. The third-order valence-corrected chi connectivity index (χ3v) is 7.54. The van der Waals surface area contributed by atoms with Gasteiger partial charge in [0.15, 0.2) is 5.78 Å². The molecule has 0 spiro atoms. The minimum absolute atomic E-state index is 0.222.